The summed E-state index contributed by atoms with van der Waals surface area (Å²) in [5.74, 6) is -0.634. The van der Waals surface area contributed by atoms with Gasteiger partial charge in [-0.15, -0.1) is 0 Å². The van der Waals surface area contributed by atoms with E-state index in [0.717, 1.165) is 15.4 Å². The standard InChI is InChI=1S/C25H27BrN2O6/c1-25(2,3)34-24(31)28-14-17(19-13-18(26)10-11-21(19)28)12-20(22(29)32-4)27-23(30)33-15-16-8-6-5-7-9-16/h5-11,13-14,20H,12,15H2,1-4H3,(H,27,30)/t20-/m1/s1. The second-order valence-corrected chi connectivity index (χ2v) is 9.57. The van der Waals surface area contributed by atoms with E-state index in [1.807, 2.05) is 42.5 Å². The van der Waals surface area contributed by atoms with Crippen molar-refractivity contribution in [2.24, 2.45) is 0 Å². The molecular weight excluding hydrogens is 504 g/mol. The molecule has 3 aromatic rings. The number of ether oxygens (including phenoxy) is 3. The Morgan fingerprint density at radius 1 is 1.09 bits per heavy atom. The fourth-order valence-electron chi connectivity index (χ4n) is 3.36. The first-order valence-electron chi connectivity index (χ1n) is 10.7. The highest BCUT2D eigenvalue weighted by Crippen LogP contribution is 2.27. The van der Waals surface area contributed by atoms with Crippen molar-refractivity contribution >= 4 is 45.0 Å². The van der Waals surface area contributed by atoms with Crippen molar-refractivity contribution in [3.05, 3.63) is 70.3 Å². The number of hydrogen-bond donors (Lipinski definition) is 1. The van der Waals surface area contributed by atoms with E-state index in [1.165, 1.54) is 11.7 Å². The van der Waals surface area contributed by atoms with E-state index in [9.17, 15) is 14.4 Å². The van der Waals surface area contributed by atoms with Gasteiger partial charge in [-0.25, -0.2) is 14.4 Å². The molecule has 8 nitrogen and oxygen atoms in total. The summed E-state index contributed by atoms with van der Waals surface area (Å²) in [4.78, 5) is 37.6. The van der Waals surface area contributed by atoms with E-state index in [0.29, 0.717) is 11.1 Å². The van der Waals surface area contributed by atoms with Crippen molar-refractivity contribution in [3.8, 4) is 0 Å². The van der Waals surface area contributed by atoms with Crippen molar-refractivity contribution in [1.82, 2.24) is 9.88 Å². The molecule has 0 fully saturated rings. The lowest BCUT2D eigenvalue weighted by molar-refractivity contribution is -0.143. The van der Waals surface area contributed by atoms with Crippen LogP contribution in [0.4, 0.5) is 9.59 Å². The molecule has 1 heterocycles. The van der Waals surface area contributed by atoms with Crippen LogP contribution in [0.25, 0.3) is 10.9 Å². The largest absolute Gasteiger partial charge is 0.467 e. The molecule has 0 saturated carbocycles. The molecule has 180 valence electrons. The number of nitrogens with zero attached hydrogens (tertiary/aromatic N) is 1. The van der Waals surface area contributed by atoms with E-state index in [2.05, 4.69) is 21.2 Å². The molecule has 1 amide bonds. The zero-order valence-corrected chi connectivity index (χ0v) is 21.0. The molecule has 0 unspecified atom stereocenters. The van der Waals surface area contributed by atoms with Gasteiger partial charge in [-0.3, -0.25) is 4.57 Å². The van der Waals surface area contributed by atoms with Crippen LogP contribution in [0.5, 0.6) is 0 Å². The Bertz CT molecular complexity index is 1180. The van der Waals surface area contributed by atoms with Gasteiger partial charge in [0, 0.05) is 22.5 Å². The van der Waals surface area contributed by atoms with Crippen molar-refractivity contribution in [2.45, 2.75) is 45.4 Å². The number of aromatic nitrogens is 1. The first-order valence-corrected chi connectivity index (χ1v) is 11.4. The van der Waals surface area contributed by atoms with E-state index in [1.54, 1.807) is 33.0 Å². The lowest BCUT2D eigenvalue weighted by Gasteiger charge is -2.19. The summed E-state index contributed by atoms with van der Waals surface area (Å²) in [5, 5.41) is 3.30. The zero-order chi connectivity index (χ0) is 24.9. The fourth-order valence-corrected chi connectivity index (χ4v) is 3.72. The Hall–Kier alpha value is -3.33. The number of benzene rings is 2. The van der Waals surface area contributed by atoms with Gasteiger partial charge in [0.2, 0.25) is 0 Å². The third-order valence-corrected chi connectivity index (χ3v) is 5.35. The maximum absolute atomic E-state index is 12.8. The van der Waals surface area contributed by atoms with Gasteiger partial charge in [0.25, 0.3) is 0 Å². The van der Waals surface area contributed by atoms with Crippen molar-refractivity contribution < 1.29 is 28.6 Å². The van der Waals surface area contributed by atoms with E-state index in [-0.39, 0.29) is 13.0 Å². The summed E-state index contributed by atoms with van der Waals surface area (Å²) in [5.41, 5.74) is 1.41. The topological polar surface area (TPSA) is 95.9 Å². The molecule has 0 radical (unpaired) electrons. The highest BCUT2D eigenvalue weighted by molar-refractivity contribution is 9.10. The number of esters is 1. The minimum atomic E-state index is -1.02. The summed E-state index contributed by atoms with van der Waals surface area (Å²) >= 11 is 3.45. The number of rotatable bonds is 6. The molecule has 0 spiro atoms. The van der Waals surface area contributed by atoms with Gasteiger partial charge >= 0.3 is 18.2 Å². The Kier molecular flexibility index (Phi) is 7.98. The quantitative estimate of drug-likeness (QED) is 0.347. The smallest absolute Gasteiger partial charge is 0.419 e. The molecule has 1 N–H and O–H groups in total. The summed E-state index contributed by atoms with van der Waals surface area (Å²) in [7, 11) is 1.24. The number of methoxy groups -OCH3 is 1. The van der Waals surface area contributed by atoms with Gasteiger partial charge < -0.3 is 19.5 Å². The Morgan fingerprint density at radius 2 is 1.79 bits per heavy atom. The molecule has 0 bridgehead atoms. The number of alkyl carbamates (subject to hydrolysis) is 1. The van der Waals surface area contributed by atoms with Crippen LogP contribution in [0.2, 0.25) is 0 Å². The summed E-state index contributed by atoms with van der Waals surface area (Å²) in [6, 6.07) is 13.6. The van der Waals surface area contributed by atoms with E-state index < -0.39 is 29.8 Å². The third-order valence-electron chi connectivity index (χ3n) is 4.85. The van der Waals surface area contributed by atoms with Crippen molar-refractivity contribution in [1.29, 1.82) is 0 Å². The highest BCUT2D eigenvalue weighted by atomic mass is 79.9. The number of nitrogens with one attached hydrogen (secondary N) is 1. The van der Waals surface area contributed by atoms with Crippen LogP contribution >= 0.6 is 15.9 Å². The molecule has 1 aromatic heterocycles. The Balaban J connectivity index is 1.84. The van der Waals surface area contributed by atoms with Crippen LogP contribution in [0, 0.1) is 0 Å². The minimum Gasteiger partial charge on any atom is -0.467 e. The van der Waals surface area contributed by atoms with Gasteiger partial charge in [0.15, 0.2) is 0 Å². The number of halogens is 1. The van der Waals surface area contributed by atoms with Gasteiger partial charge in [-0.2, -0.15) is 0 Å². The average Bonchev–Trinajstić information content (AvgIpc) is 3.14. The van der Waals surface area contributed by atoms with Crippen LogP contribution in [0.1, 0.15) is 31.9 Å². The van der Waals surface area contributed by atoms with Crippen molar-refractivity contribution in [3.63, 3.8) is 0 Å². The average molecular weight is 531 g/mol. The van der Waals surface area contributed by atoms with Crippen molar-refractivity contribution in [2.75, 3.05) is 7.11 Å². The monoisotopic (exact) mass is 530 g/mol. The Labute approximate surface area is 206 Å². The molecule has 2 aromatic carbocycles. The SMILES string of the molecule is COC(=O)[C@@H](Cc1cn(C(=O)OC(C)(C)C)c2ccc(Br)cc12)NC(=O)OCc1ccccc1. The number of carbonyl (C=O) groups is 3. The lowest BCUT2D eigenvalue weighted by atomic mass is 10.1. The van der Waals surface area contributed by atoms with Gasteiger partial charge in [-0.1, -0.05) is 46.3 Å². The third kappa shape index (κ3) is 6.60. The molecule has 9 heteroatoms. The van der Waals surface area contributed by atoms with Crippen LogP contribution < -0.4 is 5.32 Å². The summed E-state index contributed by atoms with van der Waals surface area (Å²) in [6.45, 7) is 5.41. The van der Waals surface area contributed by atoms with Crippen LogP contribution in [-0.4, -0.2) is 41.5 Å². The number of hydrogen-bond acceptors (Lipinski definition) is 6. The molecule has 1 atom stereocenters. The first kappa shape index (κ1) is 25.3. The molecule has 0 aliphatic rings. The van der Waals surface area contributed by atoms with Crippen LogP contribution in [0.15, 0.2) is 59.2 Å². The molecule has 0 aliphatic heterocycles. The summed E-state index contributed by atoms with van der Waals surface area (Å²) < 4.78 is 17.8. The van der Waals surface area contributed by atoms with Gasteiger partial charge in [0.05, 0.1) is 12.6 Å². The number of fused-ring (bicyclic) bond motifs is 1. The number of carbonyl (C=O) groups excluding carboxylic acids is 3. The highest BCUT2D eigenvalue weighted by Gasteiger charge is 2.26. The van der Waals surface area contributed by atoms with Crippen LogP contribution in [0.3, 0.4) is 0 Å². The molecule has 0 saturated heterocycles. The second kappa shape index (κ2) is 10.7. The fraction of sp³-hybridized carbons (Fsp3) is 0.320. The summed E-state index contributed by atoms with van der Waals surface area (Å²) in [6.07, 6.45) is 0.390. The zero-order valence-electron chi connectivity index (χ0n) is 19.5. The van der Waals surface area contributed by atoms with E-state index >= 15 is 0 Å². The number of amides is 1. The minimum absolute atomic E-state index is 0.0610. The maximum atomic E-state index is 12.8. The molecule has 34 heavy (non-hydrogen) atoms. The molecular formula is C25H27BrN2O6. The van der Waals surface area contributed by atoms with Gasteiger partial charge in [0.1, 0.15) is 18.2 Å². The first-order chi connectivity index (χ1) is 16.1. The Morgan fingerprint density at radius 3 is 2.44 bits per heavy atom. The normalized spacial score (nSPS) is 12.1. The molecule has 3 rings (SSSR count). The van der Waals surface area contributed by atoms with E-state index in [4.69, 9.17) is 14.2 Å². The molecule has 0 aliphatic carbocycles. The van der Waals surface area contributed by atoms with Gasteiger partial charge in [-0.05, 0) is 50.1 Å². The second-order valence-electron chi connectivity index (χ2n) is 8.65. The predicted molar refractivity (Wildman–Crippen MR) is 131 cm³/mol. The predicted octanol–water partition coefficient (Wildman–Crippen LogP) is 5.20. The van der Waals surface area contributed by atoms with Crippen LogP contribution in [-0.2, 0) is 32.0 Å². The lowest BCUT2D eigenvalue weighted by Crippen LogP contribution is -2.43. The maximum Gasteiger partial charge on any atom is 0.419 e.